The molecule has 4 rings (SSSR count). The van der Waals surface area contributed by atoms with Crippen LogP contribution < -0.4 is 0 Å². The molecule has 1 amide bonds. The van der Waals surface area contributed by atoms with Crippen LogP contribution in [0.5, 0.6) is 0 Å². The van der Waals surface area contributed by atoms with Gasteiger partial charge >= 0.3 is 0 Å². The van der Waals surface area contributed by atoms with Crippen molar-refractivity contribution in [2.75, 3.05) is 32.8 Å². The maximum Gasteiger partial charge on any atom is 0.289 e. The van der Waals surface area contributed by atoms with Gasteiger partial charge in [0.1, 0.15) is 0 Å². The molecule has 5 nitrogen and oxygen atoms in total. The first-order valence-corrected chi connectivity index (χ1v) is 9.36. The third-order valence-corrected chi connectivity index (χ3v) is 5.77. The molecule has 0 aromatic carbocycles. The summed E-state index contributed by atoms with van der Waals surface area (Å²) in [6, 6.07) is 7.78. The summed E-state index contributed by atoms with van der Waals surface area (Å²) in [5, 5.41) is 2.13. The Morgan fingerprint density at radius 3 is 3.00 bits per heavy atom. The lowest BCUT2D eigenvalue weighted by Gasteiger charge is -2.37. The standard InChI is InChI=1S/C18H22N2O3S/c21-18(16-4-1-8-22-16)20-7-9-23-17-13-19(6-5-14(17)11-20)12-15-3-2-10-24-15/h1-4,8,10,14,17H,5-7,9,11-13H2/t14-,17-/m0/s1. The van der Waals surface area contributed by atoms with Crippen LogP contribution >= 0.6 is 11.3 Å². The van der Waals surface area contributed by atoms with Crippen molar-refractivity contribution in [1.82, 2.24) is 9.80 Å². The van der Waals surface area contributed by atoms with Crippen molar-refractivity contribution < 1.29 is 13.9 Å². The molecule has 0 bridgehead atoms. The zero-order valence-electron chi connectivity index (χ0n) is 13.6. The Morgan fingerprint density at radius 2 is 2.21 bits per heavy atom. The van der Waals surface area contributed by atoms with E-state index in [1.807, 2.05) is 16.2 Å². The Labute approximate surface area is 145 Å². The first kappa shape index (κ1) is 15.9. The Kier molecular flexibility index (Phi) is 4.69. The van der Waals surface area contributed by atoms with Gasteiger partial charge in [0.25, 0.3) is 5.91 Å². The number of amides is 1. The van der Waals surface area contributed by atoms with Crippen LogP contribution in [0.1, 0.15) is 21.9 Å². The van der Waals surface area contributed by atoms with Crippen LogP contribution in [0.4, 0.5) is 0 Å². The number of carbonyl (C=O) groups is 1. The topological polar surface area (TPSA) is 45.9 Å². The van der Waals surface area contributed by atoms with Crippen molar-refractivity contribution in [3.05, 3.63) is 46.5 Å². The van der Waals surface area contributed by atoms with Crippen molar-refractivity contribution in [1.29, 1.82) is 0 Å². The third-order valence-electron chi connectivity index (χ3n) is 4.91. The SMILES string of the molecule is O=C(c1ccco1)N1CCO[C@H]2CN(Cc3cccs3)CC[C@H]2C1. The number of fused-ring (bicyclic) bond motifs is 1. The van der Waals surface area contributed by atoms with E-state index < -0.39 is 0 Å². The Balaban J connectivity index is 1.38. The molecule has 0 saturated carbocycles. The first-order chi connectivity index (χ1) is 11.8. The number of hydrogen-bond acceptors (Lipinski definition) is 5. The van der Waals surface area contributed by atoms with Crippen molar-refractivity contribution >= 4 is 17.2 Å². The van der Waals surface area contributed by atoms with Crippen molar-refractivity contribution in [2.45, 2.75) is 19.1 Å². The van der Waals surface area contributed by atoms with Crippen LogP contribution in [0.3, 0.4) is 0 Å². The lowest BCUT2D eigenvalue weighted by Crippen LogP contribution is -2.47. The molecule has 0 aliphatic carbocycles. The molecule has 24 heavy (non-hydrogen) atoms. The zero-order valence-corrected chi connectivity index (χ0v) is 14.4. The van der Waals surface area contributed by atoms with Crippen LogP contribution in [0.25, 0.3) is 0 Å². The van der Waals surface area contributed by atoms with E-state index in [1.165, 1.54) is 4.88 Å². The summed E-state index contributed by atoms with van der Waals surface area (Å²) in [6.07, 6.45) is 2.83. The summed E-state index contributed by atoms with van der Waals surface area (Å²) in [4.78, 5) is 18.3. The molecule has 2 aliphatic heterocycles. The number of thiophene rings is 1. The lowest BCUT2D eigenvalue weighted by atomic mass is 9.93. The smallest absolute Gasteiger partial charge is 0.289 e. The van der Waals surface area contributed by atoms with Crippen molar-refractivity contribution in [2.24, 2.45) is 5.92 Å². The van der Waals surface area contributed by atoms with Gasteiger partial charge < -0.3 is 14.1 Å². The monoisotopic (exact) mass is 346 g/mol. The van der Waals surface area contributed by atoms with Crippen LogP contribution in [0.15, 0.2) is 40.3 Å². The van der Waals surface area contributed by atoms with E-state index in [-0.39, 0.29) is 12.0 Å². The minimum atomic E-state index is -0.0229. The fourth-order valence-electron chi connectivity index (χ4n) is 3.62. The van der Waals surface area contributed by atoms with Gasteiger partial charge in [0, 0.05) is 37.0 Å². The Bertz CT molecular complexity index is 656. The molecule has 2 fully saturated rings. The molecular weight excluding hydrogens is 324 g/mol. The highest BCUT2D eigenvalue weighted by Gasteiger charge is 2.35. The van der Waals surface area contributed by atoms with E-state index in [4.69, 9.17) is 9.15 Å². The number of furan rings is 1. The van der Waals surface area contributed by atoms with E-state index in [1.54, 1.807) is 18.4 Å². The molecule has 6 heteroatoms. The highest BCUT2D eigenvalue weighted by Crippen LogP contribution is 2.26. The number of carbonyl (C=O) groups excluding carboxylic acids is 1. The summed E-state index contributed by atoms with van der Waals surface area (Å²) >= 11 is 1.81. The van der Waals surface area contributed by atoms with Gasteiger partial charge in [0.05, 0.1) is 19.0 Å². The molecule has 2 aromatic heterocycles. The van der Waals surface area contributed by atoms with Crippen molar-refractivity contribution in [3.63, 3.8) is 0 Å². The largest absolute Gasteiger partial charge is 0.459 e. The molecular formula is C18H22N2O3S. The molecule has 128 valence electrons. The summed E-state index contributed by atoms with van der Waals surface area (Å²) in [6.45, 7) is 5.00. The first-order valence-electron chi connectivity index (χ1n) is 8.49. The molecule has 2 aromatic rings. The van der Waals surface area contributed by atoms with Gasteiger partial charge in [-0.3, -0.25) is 9.69 Å². The average molecular weight is 346 g/mol. The quantitative estimate of drug-likeness (QED) is 0.857. The Morgan fingerprint density at radius 1 is 1.25 bits per heavy atom. The zero-order chi connectivity index (χ0) is 16.4. The molecule has 2 saturated heterocycles. The number of nitrogens with zero attached hydrogens (tertiary/aromatic N) is 2. The third kappa shape index (κ3) is 3.41. The molecule has 0 N–H and O–H groups in total. The molecule has 2 aliphatic rings. The van der Waals surface area contributed by atoms with Crippen LogP contribution in [-0.4, -0.2) is 54.6 Å². The van der Waals surface area contributed by atoms with Gasteiger partial charge in [0.15, 0.2) is 5.76 Å². The molecule has 4 heterocycles. The molecule has 0 radical (unpaired) electrons. The van der Waals surface area contributed by atoms with Gasteiger partial charge in [-0.15, -0.1) is 11.3 Å². The number of likely N-dealkylation sites (tertiary alicyclic amines) is 1. The highest BCUT2D eigenvalue weighted by molar-refractivity contribution is 7.09. The molecule has 0 spiro atoms. The lowest BCUT2D eigenvalue weighted by molar-refractivity contribution is -0.0239. The maximum atomic E-state index is 12.5. The van der Waals surface area contributed by atoms with Crippen LogP contribution in [0, 0.1) is 5.92 Å². The second-order valence-corrected chi connectivity index (χ2v) is 7.53. The Hall–Kier alpha value is -1.63. The second-order valence-electron chi connectivity index (χ2n) is 6.50. The minimum absolute atomic E-state index is 0.0229. The fraction of sp³-hybridized carbons (Fsp3) is 0.500. The number of rotatable bonds is 3. The summed E-state index contributed by atoms with van der Waals surface area (Å²) in [5.74, 6) is 0.805. The fourth-order valence-corrected chi connectivity index (χ4v) is 4.37. The van der Waals surface area contributed by atoms with Gasteiger partial charge in [0.2, 0.25) is 0 Å². The highest BCUT2D eigenvalue weighted by atomic mass is 32.1. The predicted molar refractivity (Wildman–Crippen MR) is 92.1 cm³/mol. The van der Waals surface area contributed by atoms with E-state index in [0.29, 0.717) is 24.8 Å². The van der Waals surface area contributed by atoms with Gasteiger partial charge in [-0.25, -0.2) is 0 Å². The average Bonchev–Trinajstić information content (AvgIpc) is 3.25. The summed E-state index contributed by atoms with van der Waals surface area (Å²) in [7, 11) is 0. The number of piperidine rings is 1. The normalized spacial score (nSPS) is 25.2. The van der Waals surface area contributed by atoms with Gasteiger partial charge in [-0.05, 0) is 36.5 Å². The second kappa shape index (κ2) is 7.09. The summed E-state index contributed by atoms with van der Waals surface area (Å²) in [5.41, 5.74) is 0. The minimum Gasteiger partial charge on any atom is -0.459 e. The number of ether oxygens (including phenoxy) is 1. The maximum absolute atomic E-state index is 12.5. The predicted octanol–water partition coefficient (Wildman–Crippen LogP) is 2.70. The van der Waals surface area contributed by atoms with Gasteiger partial charge in [-0.1, -0.05) is 6.07 Å². The summed E-state index contributed by atoms with van der Waals surface area (Å²) < 4.78 is 11.4. The van der Waals surface area contributed by atoms with Crippen LogP contribution in [-0.2, 0) is 11.3 Å². The van der Waals surface area contributed by atoms with Crippen LogP contribution in [0.2, 0.25) is 0 Å². The van der Waals surface area contributed by atoms with Crippen molar-refractivity contribution in [3.8, 4) is 0 Å². The molecule has 0 unspecified atom stereocenters. The van der Waals surface area contributed by atoms with E-state index in [9.17, 15) is 4.79 Å². The number of hydrogen-bond donors (Lipinski definition) is 0. The molecule has 2 atom stereocenters. The van der Waals surface area contributed by atoms with E-state index in [0.717, 1.165) is 32.6 Å². The van der Waals surface area contributed by atoms with E-state index >= 15 is 0 Å². The van der Waals surface area contributed by atoms with Gasteiger partial charge in [-0.2, -0.15) is 0 Å². The van der Waals surface area contributed by atoms with E-state index in [2.05, 4.69) is 22.4 Å².